The zero-order valence-electron chi connectivity index (χ0n) is 17.0. The first-order valence-electron chi connectivity index (χ1n) is 9.68. The van der Waals surface area contributed by atoms with Crippen LogP contribution in [0.3, 0.4) is 0 Å². The van der Waals surface area contributed by atoms with Crippen molar-refractivity contribution in [3.05, 3.63) is 106 Å². The monoisotopic (exact) mass is 430 g/mol. The first-order valence-corrected chi connectivity index (χ1v) is 9.68. The summed E-state index contributed by atoms with van der Waals surface area (Å²) in [6.45, 7) is 0. The Hall–Kier alpha value is -4.46. The van der Waals surface area contributed by atoms with Gasteiger partial charge in [-0.1, -0.05) is 54.6 Å². The van der Waals surface area contributed by atoms with Crippen molar-refractivity contribution in [1.82, 2.24) is 0 Å². The molecule has 1 heterocycles. The molecule has 1 fully saturated rings. The van der Waals surface area contributed by atoms with E-state index in [1.54, 1.807) is 54.6 Å². The number of ether oxygens (including phenoxy) is 1. The van der Waals surface area contributed by atoms with Crippen LogP contribution in [0.5, 0.6) is 5.75 Å². The third-order valence-electron chi connectivity index (χ3n) is 5.24. The number of carbonyl (C=O) groups excluding carboxylic acids is 2. The number of aliphatic hydroxyl groups excluding tert-OH is 1. The van der Waals surface area contributed by atoms with Gasteiger partial charge in [-0.2, -0.15) is 0 Å². The minimum atomic E-state index is -1.05. The number of nitro groups is 1. The summed E-state index contributed by atoms with van der Waals surface area (Å²) >= 11 is 0. The van der Waals surface area contributed by atoms with E-state index in [0.717, 1.165) is 4.90 Å². The Balaban J connectivity index is 1.99. The molecular weight excluding hydrogens is 412 g/mol. The highest BCUT2D eigenvalue weighted by atomic mass is 16.6. The van der Waals surface area contributed by atoms with Gasteiger partial charge in [0, 0.05) is 23.3 Å². The third-order valence-corrected chi connectivity index (χ3v) is 5.24. The molecule has 1 atom stereocenters. The van der Waals surface area contributed by atoms with Gasteiger partial charge >= 0.3 is 0 Å². The van der Waals surface area contributed by atoms with Crippen molar-refractivity contribution in [1.29, 1.82) is 0 Å². The summed E-state index contributed by atoms with van der Waals surface area (Å²) in [4.78, 5) is 38.1. The smallest absolute Gasteiger partial charge is 0.300 e. The number of aliphatic hydroxyl groups is 1. The summed E-state index contributed by atoms with van der Waals surface area (Å²) < 4.78 is 5.45. The van der Waals surface area contributed by atoms with Crippen molar-refractivity contribution < 1.29 is 24.4 Å². The number of ketones is 1. The van der Waals surface area contributed by atoms with E-state index in [9.17, 15) is 24.8 Å². The van der Waals surface area contributed by atoms with Crippen LogP contribution in [-0.2, 0) is 9.59 Å². The van der Waals surface area contributed by atoms with Gasteiger partial charge in [0.05, 0.1) is 29.3 Å². The topological polar surface area (TPSA) is 110 Å². The molecule has 0 radical (unpaired) electrons. The fraction of sp³-hybridized carbons (Fsp3) is 0.0833. The Labute approximate surface area is 183 Å². The molecule has 0 aliphatic carbocycles. The van der Waals surface area contributed by atoms with Crippen molar-refractivity contribution in [2.75, 3.05) is 12.0 Å². The normalized spacial score (nSPS) is 17.4. The maximum atomic E-state index is 13.1. The molecule has 4 rings (SSSR count). The Morgan fingerprint density at radius 2 is 1.69 bits per heavy atom. The van der Waals surface area contributed by atoms with E-state index in [1.165, 1.54) is 31.4 Å². The van der Waals surface area contributed by atoms with Crippen LogP contribution in [0.4, 0.5) is 11.4 Å². The maximum Gasteiger partial charge on any atom is 0.300 e. The molecule has 32 heavy (non-hydrogen) atoms. The minimum absolute atomic E-state index is 0.128. The van der Waals surface area contributed by atoms with Crippen LogP contribution in [0.2, 0.25) is 0 Å². The molecule has 8 heteroatoms. The highest BCUT2D eigenvalue weighted by Gasteiger charge is 2.48. The van der Waals surface area contributed by atoms with E-state index in [4.69, 9.17) is 4.74 Å². The SMILES string of the molecule is COc1ccccc1[C@@H]1C(=C(O)c2ccccc2)C(=O)C(=O)N1c1cccc([N+](=O)[O-])c1. The van der Waals surface area contributed by atoms with Crippen molar-refractivity contribution in [2.45, 2.75) is 6.04 Å². The molecule has 3 aromatic carbocycles. The molecule has 0 spiro atoms. The molecule has 1 N–H and O–H groups in total. The number of nitrogens with zero attached hydrogens (tertiary/aromatic N) is 2. The Bertz CT molecular complexity index is 1250. The zero-order chi connectivity index (χ0) is 22.8. The van der Waals surface area contributed by atoms with Gasteiger partial charge in [0.2, 0.25) is 0 Å². The van der Waals surface area contributed by atoms with Crippen molar-refractivity contribution >= 4 is 28.8 Å². The van der Waals surface area contributed by atoms with E-state index >= 15 is 0 Å². The number of anilines is 1. The standard InChI is InChI=1S/C24H18N2O6/c1-32-19-13-6-5-12-18(19)21-20(22(27)15-8-3-2-4-9-15)23(28)24(29)25(21)16-10-7-11-17(14-16)26(30)31/h2-14,21,27H,1H3/t21-/m1/s1. The molecule has 160 valence electrons. The number of amides is 1. The molecule has 3 aromatic rings. The van der Waals surface area contributed by atoms with Gasteiger partial charge in [-0.3, -0.25) is 24.6 Å². The second-order valence-electron chi connectivity index (χ2n) is 7.05. The second kappa shape index (κ2) is 8.35. The average molecular weight is 430 g/mol. The number of benzene rings is 3. The molecular formula is C24H18N2O6. The molecule has 1 aliphatic rings. The molecule has 8 nitrogen and oxygen atoms in total. The van der Waals surface area contributed by atoms with Crippen LogP contribution >= 0.6 is 0 Å². The van der Waals surface area contributed by atoms with Crippen LogP contribution in [0.15, 0.2) is 84.4 Å². The van der Waals surface area contributed by atoms with Crippen LogP contribution in [-0.4, -0.2) is 28.8 Å². The number of rotatable bonds is 5. The second-order valence-corrected chi connectivity index (χ2v) is 7.05. The number of hydrogen-bond donors (Lipinski definition) is 1. The lowest BCUT2D eigenvalue weighted by molar-refractivity contribution is -0.384. The van der Waals surface area contributed by atoms with E-state index in [0.29, 0.717) is 16.9 Å². The summed E-state index contributed by atoms with van der Waals surface area (Å²) in [5.41, 5.74) is 0.621. The van der Waals surface area contributed by atoms with Gasteiger partial charge in [-0.15, -0.1) is 0 Å². The lowest BCUT2D eigenvalue weighted by Crippen LogP contribution is -2.29. The number of non-ortho nitro benzene ring substituents is 1. The summed E-state index contributed by atoms with van der Waals surface area (Å²) in [5.74, 6) is -1.74. The highest BCUT2D eigenvalue weighted by Crippen LogP contribution is 2.45. The van der Waals surface area contributed by atoms with Crippen LogP contribution < -0.4 is 9.64 Å². The predicted molar refractivity (Wildman–Crippen MR) is 117 cm³/mol. The van der Waals surface area contributed by atoms with E-state index < -0.39 is 22.7 Å². The van der Waals surface area contributed by atoms with Gasteiger partial charge < -0.3 is 9.84 Å². The molecule has 0 saturated carbocycles. The number of para-hydroxylation sites is 1. The molecule has 0 unspecified atom stereocenters. The fourth-order valence-corrected chi connectivity index (χ4v) is 3.79. The van der Waals surface area contributed by atoms with Gasteiger partial charge in [-0.25, -0.2) is 0 Å². The van der Waals surface area contributed by atoms with Gasteiger partial charge in [-0.05, 0) is 12.1 Å². The first kappa shape index (κ1) is 20.8. The third kappa shape index (κ3) is 3.47. The van der Waals surface area contributed by atoms with E-state index in [2.05, 4.69) is 0 Å². The van der Waals surface area contributed by atoms with Gasteiger partial charge in [0.15, 0.2) is 0 Å². The quantitative estimate of drug-likeness (QED) is 0.213. The Kier molecular flexibility index (Phi) is 5.43. The Morgan fingerprint density at radius 1 is 1.00 bits per heavy atom. The largest absolute Gasteiger partial charge is 0.507 e. The highest BCUT2D eigenvalue weighted by molar-refractivity contribution is 6.51. The summed E-state index contributed by atoms with van der Waals surface area (Å²) in [6, 6.07) is 19.6. The first-order chi connectivity index (χ1) is 15.4. The van der Waals surface area contributed by atoms with Crippen LogP contribution in [0, 0.1) is 10.1 Å². The summed E-state index contributed by atoms with van der Waals surface area (Å²) in [7, 11) is 1.45. The molecule has 0 aromatic heterocycles. The molecule has 1 amide bonds. The number of nitro benzene ring substituents is 1. The number of carbonyl (C=O) groups is 2. The van der Waals surface area contributed by atoms with Crippen molar-refractivity contribution in [3.8, 4) is 5.75 Å². The molecule has 1 aliphatic heterocycles. The van der Waals surface area contributed by atoms with Crippen molar-refractivity contribution in [3.63, 3.8) is 0 Å². The molecule has 0 bridgehead atoms. The molecule has 1 saturated heterocycles. The summed E-state index contributed by atoms with van der Waals surface area (Å²) in [5, 5.41) is 22.3. The van der Waals surface area contributed by atoms with Crippen LogP contribution in [0.25, 0.3) is 5.76 Å². The van der Waals surface area contributed by atoms with Gasteiger partial charge in [0.1, 0.15) is 11.5 Å². The van der Waals surface area contributed by atoms with E-state index in [1.807, 2.05) is 0 Å². The fourth-order valence-electron chi connectivity index (χ4n) is 3.79. The van der Waals surface area contributed by atoms with Crippen LogP contribution in [0.1, 0.15) is 17.2 Å². The lowest BCUT2D eigenvalue weighted by atomic mass is 9.94. The average Bonchev–Trinajstić information content (AvgIpc) is 3.09. The van der Waals surface area contributed by atoms with Gasteiger partial charge in [0.25, 0.3) is 17.4 Å². The lowest BCUT2D eigenvalue weighted by Gasteiger charge is -2.26. The number of methoxy groups -OCH3 is 1. The maximum absolute atomic E-state index is 13.1. The number of hydrogen-bond acceptors (Lipinski definition) is 6. The van der Waals surface area contributed by atoms with Crippen molar-refractivity contribution in [2.24, 2.45) is 0 Å². The zero-order valence-corrected chi connectivity index (χ0v) is 17.0. The summed E-state index contributed by atoms with van der Waals surface area (Å²) in [6.07, 6.45) is 0. The predicted octanol–water partition coefficient (Wildman–Crippen LogP) is 4.23. The minimum Gasteiger partial charge on any atom is -0.507 e. The Morgan fingerprint density at radius 3 is 2.38 bits per heavy atom. The van der Waals surface area contributed by atoms with E-state index in [-0.39, 0.29) is 22.7 Å². The number of Topliss-reactive ketones (excluding diaryl/α,β-unsaturated/α-hetero) is 1.